The number of amides is 6. The molecule has 0 aromatic rings. The monoisotopic (exact) mass is 1200 g/mol. The Bertz CT molecular complexity index is 2310. The Hall–Kier alpha value is -5.49. The molecule has 28 nitrogen and oxygen atoms in total. The van der Waals surface area contributed by atoms with Crippen molar-refractivity contribution < 1.29 is 103 Å². The van der Waals surface area contributed by atoms with E-state index >= 15 is 0 Å². The van der Waals surface area contributed by atoms with Gasteiger partial charge in [-0.05, 0) is 136 Å². The van der Waals surface area contributed by atoms with Crippen molar-refractivity contribution in [2.75, 3.05) is 19.3 Å². The first-order chi connectivity index (χ1) is 37.4. The summed E-state index contributed by atoms with van der Waals surface area (Å²) in [6.07, 6.45) is -17.6. The van der Waals surface area contributed by atoms with E-state index in [4.69, 9.17) is 56.3 Å². The van der Waals surface area contributed by atoms with Crippen LogP contribution in [0.5, 0.6) is 0 Å². The molecule has 6 N–H and O–H groups in total. The molecule has 3 fully saturated rings. The Labute approximate surface area is 481 Å². The molecule has 82 heavy (non-hydrogen) atoms. The van der Waals surface area contributed by atoms with Gasteiger partial charge in [0, 0.05) is 33.4 Å². The molecule has 3 rings (SSSR count). The first-order valence-electron chi connectivity index (χ1n) is 27.4. The van der Waals surface area contributed by atoms with Crippen molar-refractivity contribution in [3.8, 4) is 0 Å². The number of esters is 2. The van der Waals surface area contributed by atoms with E-state index in [2.05, 4.69) is 31.9 Å². The summed E-state index contributed by atoms with van der Waals surface area (Å²) in [5.41, 5.74) is -4.81. The topological polar surface area (TPSA) is 354 Å². The Balaban J connectivity index is 2.38. The molecule has 0 bridgehead atoms. The van der Waals surface area contributed by atoms with E-state index < -0.39 is 172 Å². The van der Waals surface area contributed by atoms with Crippen molar-refractivity contribution in [2.45, 2.75) is 271 Å². The average molecular weight is 1200 g/mol. The normalized spacial score (nSPS) is 26.7. The van der Waals surface area contributed by atoms with Gasteiger partial charge in [0.25, 0.3) is 16.0 Å². The average Bonchev–Trinajstić information content (AvgIpc) is 3.49. The molecule has 2 heterocycles. The second-order valence-corrected chi connectivity index (χ2v) is 26.9. The van der Waals surface area contributed by atoms with Crippen LogP contribution < -0.4 is 31.9 Å². The standard InChI is InChI=1S/C53H92N6O22S/c1-20-30-25-33(58-47(66)79-52(13,14)15)39(71-29(3)61)43(72-30)75-37-34(56-41(62)36(70-28(2)60)23-24-54-44(63)76-49(4,5)6)26-35(59-48(67)80-53(16,17)18)38(40(37)81-82(19,68)69)74-42-32(57-46(65)78-51(10,11)12)22-21-31(73-42)27-55-45(64)77-50(7,8)9/h30-40,42-43H,20-27H2,1-19H3,(H,54,63)(H,55,64)(H,56,62)(H,57,65)(H,58,66)(H,59,67)/t30?,31?,32?,33-,34+,35+,36-,37-,38?,39?,40?,42+,43+/m0/s1. The maximum absolute atomic E-state index is 14.7. The summed E-state index contributed by atoms with van der Waals surface area (Å²) in [6.45, 7) is 28.1. The fraction of sp³-hybridized carbons (Fsp3) is 0.849. The Morgan fingerprint density at radius 2 is 0.939 bits per heavy atom. The molecular weight excluding hydrogens is 1100 g/mol. The van der Waals surface area contributed by atoms with Crippen LogP contribution in [0.25, 0.3) is 0 Å². The number of carbonyl (C=O) groups excluding carboxylic acids is 8. The predicted octanol–water partition coefficient (Wildman–Crippen LogP) is 5.00. The molecule has 6 unspecified atom stereocenters. The lowest BCUT2D eigenvalue weighted by atomic mass is 9.83. The zero-order valence-corrected chi connectivity index (χ0v) is 51.9. The van der Waals surface area contributed by atoms with Gasteiger partial charge in [-0.15, -0.1) is 0 Å². The second kappa shape index (κ2) is 29.4. The van der Waals surface area contributed by atoms with Gasteiger partial charge in [-0.1, -0.05) is 6.92 Å². The highest BCUT2D eigenvalue weighted by Crippen LogP contribution is 2.36. The largest absolute Gasteiger partial charge is 0.455 e. The van der Waals surface area contributed by atoms with E-state index in [1.54, 1.807) is 111 Å². The van der Waals surface area contributed by atoms with Gasteiger partial charge in [0.15, 0.2) is 24.8 Å². The lowest BCUT2D eigenvalue weighted by Crippen LogP contribution is -2.70. The molecule has 0 spiro atoms. The summed E-state index contributed by atoms with van der Waals surface area (Å²) in [6, 6.07) is -5.19. The SMILES string of the molecule is CCC1C[C@H](NC(=O)OC(C)(C)C)C(OC(C)=O)[C@@H](O[C@@H]2C(OS(C)(=O)=O)C(O[C@H]3OC(CNC(=O)OC(C)(C)C)CCC3NC(=O)OC(C)(C)C)[C@H](NC(=O)OC(C)(C)C)C[C@H]2NC(=O)[C@H](CCNC(=O)OC(C)(C)C)OC(C)=O)O1. The van der Waals surface area contributed by atoms with Gasteiger partial charge >= 0.3 is 42.4 Å². The summed E-state index contributed by atoms with van der Waals surface area (Å²) >= 11 is 0. The maximum atomic E-state index is 14.7. The second-order valence-electron chi connectivity index (χ2n) is 25.3. The minimum absolute atomic E-state index is 0.0473. The third kappa shape index (κ3) is 26.8. The van der Waals surface area contributed by atoms with Crippen LogP contribution in [0.3, 0.4) is 0 Å². The van der Waals surface area contributed by atoms with Gasteiger partial charge in [0.05, 0.1) is 42.6 Å². The molecule has 13 atom stereocenters. The number of hydrogen-bond donors (Lipinski definition) is 6. The molecule has 6 amide bonds. The van der Waals surface area contributed by atoms with Crippen LogP contribution >= 0.6 is 0 Å². The van der Waals surface area contributed by atoms with Crippen LogP contribution in [0.2, 0.25) is 0 Å². The molecule has 2 saturated heterocycles. The van der Waals surface area contributed by atoms with E-state index in [0.29, 0.717) is 6.26 Å². The van der Waals surface area contributed by atoms with Gasteiger partial charge in [-0.25, -0.2) is 24.0 Å². The quantitative estimate of drug-likeness (QED) is 0.0563. The van der Waals surface area contributed by atoms with Crippen molar-refractivity contribution >= 4 is 58.4 Å². The van der Waals surface area contributed by atoms with Gasteiger partial charge in [-0.3, -0.25) is 18.6 Å². The minimum atomic E-state index is -4.69. The van der Waals surface area contributed by atoms with Gasteiger partial charge in [0.1, 0.15) is 46.3 Å². The van der Waals surface area contributed by atoms with E-state index in [0.717, 1.165) is 13.8 Å². The third-order valence-corrected chi connectivity index (χ3v) is 12.1. The van der Waals surface area contributed by atoms with Gasteiger partial charge in [0.2, 0.25) is 0 Å². The predicted molar refractivity (Wildman–Crippen MR) is 291 cm³/mol. The molecule has 0 aromatic carbocycles. The first kappa shape index (κ1) is 70.8. The van der Waals surface area contributed by atoms with E-state index in [1.807, 2.05) is 0 Å². The van der Waals surface area contributed by atoms with Crippen LogP contribution in [-0.4, -0.2) is 184 Å². The Morgan fingerprint density at radius 1 is 0.512 bits per heavy atom. The number of alkyl carbamates (subject to hydrolysis) is 5. The molecule has 2 aliphatic heterocycles. The van der Waals surface area contributed by atoms with Crippen molar-refractivity contribution in [1.82, 2.24) is 31.9 Å². The lowest BCUT2D eigenvalue weighted by molar-refractivity contribution is -0.300. The molecule has 0 aromatic heterocycles. The summed E-state index contributed by atoms with van der Waals surface area (Å²) in [7, 11) is -4.69. The molecule has 3 aliphatic rings. The highest BCUT2D eigenvalue weighted by atomic mass is 32.2. The fourth-order valence-corrected chi connectivity index (χ4v) is 9.33. The molecule has 1 saturated carbocycles. The van der Waals surface area contributed by atoms with Crippen LogP contribution in [0, 0.1) is 0 Å². The van der Waals surface area contributed by atoms with Crippen LogP contribution in [0.15, 0.2) is 0 Å². The third-order valence-electron chi connectivity index (χ3n) is 11.5. The molecule has 472 valence electrons. The van der Waals surface area contributed by atoms with Crippen LogP contribution in [-0.2, 0) is 80.8 Å². The lowest BCUT2D eigenvalue weighted by Gasteiger charge is -2.50. The molecule has 1 aliphatic carbocycles. The number of hydrogen-bond acceptors (Lipinski definition) is 22. The summed E-state index contributed by atoms with van der Waals surface area (Å²) in [5, 5.41) is 16.2. The number of ether oxygens (including phenoxy) is 11. The molecular formula is C53H92N6O22S. The highest BCUT2D eigenvalue weighted by molar-refractivity contribution is 7.86. The Morgan fingerprint density at radius 3 is 1.39 bits per heavy atom. The Kier molecular flexibility index (Phi) is 25.3. The number of rotatable bonds is 19. The highest BCUT2D eigenvalue weighted by Gasteiger charge is 2.55. The van der Waals surface area contributed by atoms with E-state index in [-0.39, 0.29) is 45.2 Å². The summed E-state index contributed by atoms with van der Waals surface area (Å²) in [4.78, 5) is 107. The van der Waals surface area contributed by atoms with Crippen LogP contribution in [0.1, 0.15) is 163 Å². The summed E-state index contributed by atoms with van der Waals surface area (Å²) in [5.74, 6) is -2.77. The van der Waals surface area contributed by atoms with Crippen molar-refractivity contribution in [2.24, 2.45) is 0 Å². The van der Waals surface area contributed by atoms with Crippen molar-refractivity contribution in [1.29, 1.82) is 0 Å². The zero-order valence-electron chi connectivity index (χ0n) is 51.1. The minimum Gasteiger partial charge on any atom is -0.455 e. The summed E-state index contributed by atoms with van der Waals surface area (Å²) < 4.78 is 98.9. The van der Waals surface area contributed by atoms with Gasteiger partial charge in [-0.2, -0.15) is 8.42 Å². The molecule has 29 heteroatoms. The smallest absolute Gasteiger partial charge is 0.408 e. The number of carbonyl (C=O) groups is 8. The maximum Gasteiger partial charge on any atom is 0.408 e. The van der Waals surface area contributed by atoms with Crippen LogP contribution in [0.4, 0.5) is 24.0 Å². The fourth-order valence-electron chi connectivity index (χ4n) is 8.71. The van der Waals surface area contributed by atoms with Gasteiger partial charge < -0.3 is 84.0 Å². The zero-order chi connectivity index (χ0) is 62.5. The van der Waals surface area contributed by atoms with Crippen molar-refractivity contribution in [3.05, 3.63) is 0 Å². The van der Waals surface area contributed by atoms with E-state index in [9.17, 15) is 46.8 Å². The van der Waals surface area contributed by atoms with E-state index in [1.165, 1.54) is 0 Å². The first-order valence-corrected chi connectivity index (χ1v) is 29.3. The van der Waals surface area contributed by atoms with Crippen molar-refractivity contribution in [3.63, 3.8) is 0 Å². The molecule has 0 radical (unpaired) electrons. The number of nitrogens with one attached hydrogen (secondary N) is 6.